The first kappa shape index (κ1) is 9.03. The lowest BCUT2D eigenvalue weighted by atomic mass is 10.7. The molecule has 6 nitrogen and oxygen atoms in total. The number of nitrogens with two attached hydrogens (primary N) is 1. The van der Waals surface area contributed by atoms with Gasteiger partial charge in [-0.1, -0.05) is 0 Å². The molecule has 0 aliphatic heterocycles. The van der Waals surface area contributed by atoms with Crippen molar-refractivity contribution in [1.29, 1.82) is 0 Å². The summed E-state index contributed by atoms with van der Waals surface area (Å²) in [6.07, 6.45) is -1.59. The number of phosphoric acid groups is 1. The average molecular weight is 157 g/mol. The van der Waals surface area contributed by atoms with Crippen LogP contribution < -0.4 is 5.73 Å². The summed E-state index contributed by atoms with van der Waals surface area (Å²) in [5.74, 6) is 0. The van der Waals surface area contributed by atoms with E-state index in [9.17, 15) is 4.57 Å². The van der Waals surface area contributed by atoms with Gasteiger partial charge >= 0.3 is 7.82 Å². The fourth-order valence-corrected chi connectivity index (χ4v) is 0.605. The van der Waals surface area contributed by atoms with Crippen molar-refractivity contribution < 1.29 is 24.0 Å². The van der Waals surface area contributed by atoms with Gasteiger partial charge in [-0.05, 0) is 0 Å². The Balaban J connectivity index is 3.60. The van der Waals surface area contributed by atoms with Crippen molar-refractivity contribution in [2.75, 3.05) is 6.54 Å². The van der Waals surface area contributed by atoms with Gasteiger partial charge in [0.1, 0.15) is 0 Å². The Bertz CT molecular complexity index is 120. The van der Waals surface area contributed by atoms with E-state index >= 15 is 0 Å². The fraction of sp³-hybridized carbons (Fsp3) is 1.00. The molecule has 56 valence electrons. The van der Waals surface area contributed by atoms with Crippen molar-refractivity contribution in [2.45, 2.75) is 6.29 Å². The molecule has 0 aliphatic carbocycles. The van der Waals surface area contributed by atoms with Gasteiger partial charge in [0.2, 0.25) is 0 Å². The van der Waals surface area contributed by atoms with Gasteiger partial charge in [0, 0.05) is 6.54 Å². The van der Waals surface area contributed by atoms with Gasteiger partial charge < -0.3 is 20.6 Å². The lowest BCUT2D eigenvalue weighted by Gasteiger charge is -2.08. The minimum Gasteiger partial charge on any atom is -0.366 e. The Morgan fingerprint density at radius 3 is 2.22 bits per heavy atom. The second kappa shape index (κ2) is 3.26. The summed E-state index contributed by atoms with van der Waals surface area (Å²) in [6.45, 7) is -0.342. The van der Waals surface area contributed by atoms with Crippen molar-refractivity contribution >= 4 is 7.82 Å². The van der Waals surface area contributed by atoms with E-state index in [-0.39, 0.29) is 6.54 Å². The molecule has 0 aromatic heterocycles. The Hall–Kier alpha value is 0.0300. The Labute approximate surface area is 51.5 Å². The summed E-state index contributed by atoms with van der Waals surface area (Å²) >= 11 is 0. The van der Waals surface area contributed by atoms with Crippen molar-refractivity contribution in [3.63, 3.8) is 0 Å². The van der Waals surface area contributed by atoms with E-state index in [4.69, 9.17) is 20.6 Å². The highest BCUT2D eigenvalue weighted by atomic mass is 31.2. The van der Waals surface area contributed by atoms with Crippen LogP contribution in [0.2, 0.25) is 0 Å². The van der Waals surface area contributed by atoms with Crippen molar-refractivity contribution in [2.24, 2.45) is 5.73 Å². The topological polar surface area (TPSA) is 113 Å². The molecule has 9 heavy (non-hydrogen) atoms. The monoisotopic (exact) mass is 157 g/mol. The van der Waals surface area contributed by atoms with Crippen LogP contribution in [0.1, 0.15) is 0 Å². The number of aliphatic hydroxyl groups is 1. The molecule has 0 aromatic carbocycles. The van der Waals surface area contributed by atoms with Crippen LogP contribution in [-0.4, -0.2) is 27.7 Å². The molecular formula is C2H8NO5P. The van der Waals surface area contributed by atoms with Crippen LogP contribution in [-0.2, 0) is 9.09 Å². The molecule has 1 atom stereocenters. The van der Waals surface area contributed by atoms with Gasteiger partial charge in [-0.3, -0.25) is 4.52 Å². The van der Waals surface area contributed by atoms with E-state index in [0.29, 0.717) is 0 Å². The third-order valence-corrected chi connectivity index (χ3v) is 0.979. The summed E-state index contributed by atoms with van der Waals surface area (Å²) in [4.78, 5) is 16.0. The second-order valence-electron chi connectivity index (χ2n) is 1.29. The van der Waals surface area contributed by atoms with Crippen LogP contribution in [0.15, 0.2) is 0 Å². The molecule has 7 heteroatoms. The number of phosphoric ester groups is 1. The van der Waals surface area contributed by atoms with Gasteiger partial charge in [0.15, 0.2) is 6.29 Å². The SMILES string of the molecule is NCC(O)OP(=O)(O)O. The number of hydrogen-bond donors (Lipinski definition) is 4. The number of hydrogen-bond acceptors (Lipinski definition) is 4. The molecule has 0 rings (SSSR count). The summed E-state index contributed by atoms with van der Waals surface area (Å²) < 4.78 is 13.5. The van der Waals surface area contributed by atoms with Crippen molar-refractivity contribution in [1.82, 2.24) is 0 Å². The number of aliphatic hydroxyl groups excluding tert-OH is 1. The zero-order valence-corrected chi connectivity index (χ0v) is 5.36. The molecule has 0 heterocycles. The van der Waals surface area contributed by atoms with Crippen LogP contribution in [0.5, 0.6) is 0 Å². The zero-order chi connectivity index (χ0) is 7.49. The zero-order valence-electron chi connectivity index (χ0n) is 4.47. The van der Waals surface area contributed by atoms with E-state index in [0.717, 1.165) is 0 Å². The van der Waals surface area contributed by atoms with E-state index in [2.05, 4.69) is 4.52 Å². The fourth-order valence-electron chi connectivity index (χ4n) is 0.202. The molecule has 1 unspecified atom stereocenters. The van der Waals surface area contributed by atoms with Crippen molar-refractivity contribution in [3.05, 3.63) is 0 Å². The third-order valence-electron chi connectivity index (χ3n) is 0.461. The maximum absolute atomic E-state index is 9.86. The lowest BCUT2D eigenvalue weighted by molar-refractivity contribution is -0.0283. The highest BCUT2D eigenvalue weighted by Crippen LogP contribution is 2.36. The largest absolute Gasteiger partial charge is 0.471 e. The highest BCUT2D eigenvalue weighted by Gasteiger charge is 2.18. The molecule has 0 radical (unpaired) electrons. The Morgan fingerprint density at radius 1 is 1.67 bits per heavy atom. The minimum absolute atomic E-state index is 0.342. The van der Waals surface area contributed by atoms with Crippen LogP contribution in [0.4, 0.5) is 0 Å². The van der Waals surface area contributed by atoms with Gasteiger partial charge in [-0.2, -0.15) is 0 Å². The van der Waals surface area contributed by atoms with E-state index in [1.54, 1.807) is 0 Å². The summed E-state index contributed by atoms with van der Waals surface area (Å²) in [6, 6.07) is 0. The smallest absolute Gasteiger partial charge is 0.366 e. The maximum Gasteiger partial charge on any atom is 0.471 e. The van der Waals surface area contributed by atoms with Gasteiger partial charge in [-0.25, -0.2) is 4.57 Å². The van der Waals surface area contributed by atoms with Crippen LogP contribution in [0.3, 0.4) is 0 Å². The first-order valence-corrected chi connectivity index (χ1v) is 3.61. The van der Waals surface area contributed by atoms with Crippen LogP contribution in [0.25, 0.3) is 0 Å². The Kier molecular flexibility index (Phi) is 3.27. The van der Waals surface area contributed by atoms with Gasteiger partial charge in [0.25, 0.3) is 0 Å². The first-order valence-electron chi connectivity index (χ1n) is 2.08. The van der Waals surface area contributed by atoms with Gasteiger partial charge in [0.05, 0.1) is 0 Å². The van der Waals surface area contributed by atoms with Crippen molar-refractivity contribution in [3.8, 4) is 0 Å². The first-order chi connectivity index (χ1) is 3.95. The summed E-state index contributed by atoms with van der Waals surface area (Å²) in [5, 5.41) is 8.35. The minimum atomic E-state index is -4.57. The standard InChI is InChI=1S/C2H8NO5P/c3-1-2(4)8-9(5,6)7/h2,4H,1,3H2,(H2,5,6,7). The highest BCUT2D eigenvalue weighted by molar-refractivity contribution is 7.46. The maximum atomic E-state index is 9.86. The van der Waals surface area contributed by atoms with E-state index in [1.165, 1.54) is 0 Å². The molecule has 0 saturated carbocycles. The van der Waals surface area contributed by atoms with Gasteiger partial charge in [-0.15, -0.1) is 0 Å². The Morgan fingerprint density at radius 2 is 2.11 bits per heavy atom. The summed E-state index contributed by atoms with van der Waals surface area (Å²) in [5.41, 5.74) is 4.76. The predicted octanol–water partition coefficient (Wildman–Crippen LogP) is -1.63. The van der Waals surface area contributed by atoms with E-state index in [1.807, 2.05) is 0 Å². The van der Waals surface area contributed by atoms with Crippen LogP contribution >= 0.6 is 7.82 Å². The molecule has 0 spiro atoms. The molecule has 0 aromatic rings. The molecule has 0 fully saturated rings. The average Bonchev–Trinajstić information content (AvgIpc) is 1.62. The normalized spacial score (nSPS) is 15.6. The quantitative estimate of drug-likeness (QED) is 0.289. The predicted molar refractivity (Wildman–Crippen MR) is 28.2 cm³/mol. The molecule has 0 aliphatic rings. The molecule has 0 saturated heterocycles. The summed E-state index contributed by atoms with van der Waals surface area (Å²) in [7, 11) is -4.57. The molecule has 0 bridgehead atoms. The second-order valence-corrected chi connectivity index (χ2v) is 2.48. The van der Waals surface area contributed by atoms with E-state index < -0.39 is 14.1 Å². The van der Waals surface area contributed by atoms with Crippen LogP contribution in [0, 0.1) is 0 Å². The molecule has 0 amide bonds. The molecular weight excluding hydrogens is 149 g/mol. The number of rotatable bonds is 3. The lowest BCUT2D eigenvalue weighted by Crippen LogP contribution is -2.21. The molecule has 5 N–H and O–H groups in total. The third kappa shape index (κ3) is 5.91.